The first-order valence-corrected chi connectivity index (χ1v) is 6.45. The van der Waals surface area contributed by atoms with E-state index in [4.69, 9.17) is 4.74 Å². The lowest BCUT2D eigenvalue weighted by Crippen LogP contribution is -2.28. The maximum absolute atomic E-state index is 5.31. The van der Waals surface area contributed by atoms with Crippen molar-refractivity contribution in [1.29, 1.82) is 0 Å². The van der Waals surface area contributed by atoms with Gasteiger partial charge in [-0.3, -0.25) is 0 Å². The molecule has 4 heteroatoms. The van der Waals surface area contributed by atoms with E-state index in [-0.39, 0.29) is 0 Å². The Bertz CT molecular complexity index is 296. The Morgan fingerprint density at radius 1 is 1.40 bits per heavy atom. The summed E-state index contributed by atoms with van der Waals surface area (Å²) >= 11 is 1.71. The SMILES string of the molecule is CSc1ccc(NC2CCOCC2)nc1. The first kappa shape index (κ1) is 10.8. The molecule has 15 heavy (non-hydrogen) atoms. The van der Waals surface area contributed by atoms with E-state index >= 15 is 0 Å². The third kappa shape index (κ3) is 3.11. The van der Waals surface area contributed by atoms with Gasteiger partial charge >= 0.3 is 0 Å². The number of hydrogen-bond donors (Lipinski definition) is 1. The summed E-state index contributed by atoms with van der Waals surface area (Å²) in [5, 5.41) is 3.43. The summed E-state index contributed by atoms with van der Waals surface area (Å²) in [6, 6.07) is 4.66. The van der Waals surface area contributed by atoms with Crippen LogP contribution in [-0.2, 0) is 4.74 Å². The van der Waals surface area contributed by atoms with Gasteiger partial charge in [-0.1, -0.05) is 0 Å². The number of aromatic nitrogens is 1. The zero-order chi connectivity index (χ0) is 10.5. The number of hydrogen-bond acceptors (Lipinski definition) is 4. The highest BCUT2D eigenvalue weighted by molar-refractivity contribution is 7.98. The van der Waals surface area contributed by atoms with Gasteiger partial charge < -0.3 is 10.1 Å². The molecule has 0 saturated carbocycles. The molecule has 1 aromatic heterocycles. The summed E-state index contributed by atoms with van der Waals surface area (Å²) in [5.74, 6) is 0.972. The van der Waals surface area contributed by atoms with Crippen LogP contribution in [0, 0.1) is 0 Å². The second-order valence-corrected chi connectivity index (χ2v) is 4.49. The minimum absolute atomic E-state index is 0.520. The van der Waals surface area contributed by atoms with Gasteiger partial charge in [0.05, 0.1) is 0 Å². The predicted molar refractivity (Wildman–Crippen MR) is 63.5 cm³/mol. The largest absolute Gasteiger partial charge is 0.381 e. The average molecular weight is 224 g/mol. The van der Waals surface area contributed by atoms with Gasteiger partial charge in [0.2, 0.25) is 0 Å². The van der Waals surface area contributed by atoms with Crippen molar-refractivity contribution in [3.8, 4) is 0 Å². The smallest absolute Gasteiger partial charge is 0.126 e. The molecule has 1 aliphatic heterocycles. The topological polar surface area (TPSA) is 34.1 Å². The van der Waals surface area contributed by atoms with E-state index in [1.165, 1.54) is 4.90 Å². The maximum Gasteiger partial charge on any atom is 0.126 e. The van der Waals surface area contributed by atoms with Crippen LogP contribution in [0.4, 0.5) is 5.82 Å². The maximum atomic E-state index is 5.31. The van der Waals surface area contributed by atoms with E-state index in [0.717, 1.165) is 31.9 Å². The van der Waals surface area contributed by atoms with Crippen LogP contribution in [0.2, 0.25) is 0 Å². The fraction of sp³-hybridized carbons (Fsp3) is 0.545. The highest BCUT2D eigenvalue weighted by Gasteiger charge is 2.13. The van der Waals surface area contributed by atoms with Crippen molar-refractivity contribution < 1.29 is 4.74 Å². The number of nitrogens with one attached hydrogen (secondary N) is 1. The van der Waals surface area contributed by atoms with Gasteiger partial charge in [-0.25, -0.2) is 4.98 Å². The summed E-state index contributed by atoms with van der Waals surface area (Å²) < 4.78 is 5.31. The Kier molecular flexibility index (Phi) is 3.86. The van der Waals surface area contributed by atoms with Gasteiger partial charge in [-0.2, -0.15) is 0 Å². The highest BCUT2D eigenvalue weighted by atomic mass is 32.2. The molecule has 1 N–H and O–H groups in total. The number of thioether (sulfide) groups is 1. The van der Waals surface area contributed by atoms with Crippen LogP contribution >= 0.6 is 11.8 Å². The molecule has 3 nitrogen and oxygen atoms in total. The predicted octanol–water partition coefficient (Wildman–Crippen LogP) is 2.39. The summed E-state index contributed by atoms with van der Waals surface area (Å²) in [5.41, 5.74) is 0. The molecule has 1 aromatic rings. The molecule has 1 fully saturated rings. The Hall–Kier alpha value is -0.740. The molecule has 1 aliphatic rings. The van der Waals surface area contributed by atoms with Crippen LogP contribution in [0.25, 0.3) is 0 Å². The van der Waals surface area contributed by atoms with Crippen molar-refractivity contribution in [1.82, 2.24) is 4.98 Å². The minimum Gasteiger partial charge on any atom is -0.381 e. The monoisotopic (exact) mass is 224 g/mol. The molecule has 0 bridgehead atoms. The quantitative estimate of drug-likeness (QED) is 0.799. The van der Waals surface area contributed by atoms with Crippen molar-refractivity contribution in [3.63, 3.8) is 0 Å². The van der Waals surface area contributed by atoms with E-state index in [0.29, 0.717) is 6.04 Å². The van der Waals surface area contributed by atoms with Gasteiger partial charge in [0.15, 0.2) is 0 Å². The third-order valence-electron chi connectivity index (χ3n) is 2.55. The van der Waals surface area contributed by atoms with Crippen molar-refractivity contribution in [2.75, 3.05) is 24.8 Å². The molecule has 2 rings (SSSR count). The van der Waals surface area contributed by atoms with E-state index < -0.39 is 0 Å². The van der Waals surface area contributed by atoms with Crippen molar-refractivity contribution >= 4 is 17.6 Å². The van der Waals surface area contributed by atoms with Crippen molar-refractivity contribution in [3.05, 3.63) is 18.3 Å². The van der Waals surface area contributed by atoms with Crippen LogP contribution in [0.1, 0.15) is 12.8 Å². The molecule has 0 radical (unpaired) electrons. The molecule has 0 aromatic carbocycles. The van der Waals surface area contributed by atoms with Gasteiger partial charge in [-0.05, 0) is 31.2 Å². The van der Waals surface area contributed by atoms with Crippen LogP contribution in [0.5, 0.6) is 0 Å². The molecule has 82 valence electrons. The summed E-state index contributed by atoms with van der Waals surface area (Å²) in [4.78, 5) is 5.57. The lowest BCUT2D eigenvalue weighted by Gasteiger charge is -2.23. The number of nitrogens with zero attached hydrogens (tertiary/aromatic N) is 1. The lowest BCUT2D eigenvalue weighted by molar-refractivity contribution is 0.0904. The average Bonchev–Trinajstić information content (AvgIpc) is 2.31. The number of anilines is 1. The Morgan fingerprint density at radius 3 is 2.80 bits per heavy atom. The standard InChI is InChI=1S/C11H16N2OS/c1-15-10-2-3-11(12-8-10)13-9-4-6-14-7-5-9/h2-3,8-9H,4-7H2,1H3,(H,12,13). The molecule has 2 heterocycles. The molecule has 0 atom stereocenters. The Balaban J connectivity index is 1.91. The van der Waals surface area contributed by atoms with E-state index in [1.54, 1.807) is 11.8 Å². The Labute approximate surface area is 94.6 Å². The van der Waals surface area contributed by atoms with Crippen LogP contribution in [0.3, 0.4) is 0 Å². The fourth-order valence-electron chi connectivity index (χ4n) is 1.64. The van der Waals surface area contributed by atoms with Gasteiger partial charge in [0.25, 0.3) is 0 Å². The fourth-order valence-corrected chi connectivity index (χ4v) is 2.00. The molecule has 0 aliphatic carbocycles. The van der Waals surface area contributed by atoms with Gasteiger partial charge in [-0.15, -0.1) is 11.8 Å². The Morgan fingerprint density at radius 2 is 2.20 bits per heavy atom. The zero-order valence-electron chi connectivity index (χ0n) is 8.90. The van der Waals surface area contributed by atoms with Crippen LogP contribution in [0.15, 0.2) is 23.2 Å². The number of rotatable bonds is 3. The minimum atomic E-state index is 0.520. The van der Waals surface area contributed by atoms with Crippen molar-refractivity contribution in [2.24, 2.45) is 0 Å². The summed E-state index contributed by atoms with van der Waals surface area (Å²) in [6.07, 6.45) is 6.12. The molecular weight excluding hydrogens is 208 g/mol. The summed E-state index contributed by atoms with van der Waals surface area (Å²) in [7, 11) is 0. The van der Waals surface area contributed by atoms with E-state index in [9.17, 15) is 0 Å². The molecule has 1 saturated heterocycles. The third-order valence-corrected chi connectivity index (χ3v) is 3.26. The lowest BCUT2D eigenvalue weighted by atomic mass is 10.1. The second-order valence-electron chi connectivity index (χ2n) is 3.61. The molecule has 0 amide bonds. The van der Waals surface area contributed by atoms with E-state index in [1.807, 2.05) is 12.3 Å². The van der Waals surface area contributed by atoms with Crippen LogP contribution in [-0.4, -0.2) is 30.5 Å². The zero-order valence-corrected chi connectivity index (χ0v) is 9.72. The molecule has 0 unspecified atom stereocenters. The van der Waals surface area contributed by atoms with Gasteiger partial charge in [0.1, 0.15) is 5.82 Å². The highest BCUT2D eigenvalue weighted by Crippen LogP contribution is 2.17. The molecule has 0 spiro atoms. The number of pyridine rings is 1. The van der Waals surface area contributed by atoms with E-state index in [2.05, 4.69) is 22.6 Å². The van der Waals surface area contributed by atoms with Gasteiger partial charge in [0, 0.05) is 30.3 Å². The first-order chi connectivity index (χ1) is 7.38. The van der Waals surface area contributed by atoms with Crippen molar-refractivity contribution in [2.45, 2.75) is 23.8 Å². The molecular formula is C11H16N2OS. The second kappa shape index (κ2) is 5.37. The van der Waals surface area contributed by atoms with Crippen LogP contribution < -0.4 is 5.32 Å². The first-order valence-electron chi connectivity index (χ1n) is 5.23. The number of ether oxygens (including phenoxy) is 1. The normalized spacial score (nSPS) is 17.7. The summed E-state index contributed by atoms with van der Waals surface area (Å²) in [6.45, 7) is 1.72.